The standard InChI is InChI=1S/C20H22N6O/c1-3-6-20(27)25-16-10-8-15(9-11-16)24-18-13-19(23-14(2)22-18)26-17-7-4-5-12-21-17/h4-5,7-13H,3,6H2,1-2H3,(H,25,27)(H2,21,22,23,24,26). The van der Waals surface area contributed by atoms with Gasteiger partial charge in [-0.2, -0.15) is 0 Å². The minimum Gasteiger partial charge on any atom is -0.340 e. The van der Waals surface area contributed by atoms with Gasteiger partial charge < -0.3 is 16.0 Å². The number of pyridine rings is 1. The summed E-state index contributed by atoms with van der Waals surface area (Å²) in [6, 6.07) is 15.0. The molecule has 0 aliphatic heterocycles. The van der Waals surface area contributed by atoms with E-state index < -0.39 is 0 Å². The molecule has 0 saturated carbocycles. The zero-order valence-electron chi connectivity index (χ0n) is 15.4. The topological polar surface area (TPSA) is 91.8 Å². The van der Waals surface area contributed by atoms with Crippen molar-refractivity contribution < 1.29 is 4.79 Å². The van der Waals surface area contributed by atoms with Crippen LogP contribution in [0.15, 0.2) is 54.7 Å². The third kappa shape index (κ3) is 5.50. The molecule has 7 heteroatoms. The first-order chi connectivity index (χ1) is 13.1. The first-order valence-electron chi connectivity index (χ1n) is 8.83. The molecule has 0 atom stereocenters. The minimum absolute atomic E-state index is 0.0230. The van der Waals surface area contributed by atoms with Crippen LogP contribution in [0.2, 0.25) is 0 Å². The molecule has 0 saturated heterocycles. The van der Waals surface area contributed by atoms with Crippen LogP contribution in [0.5, 0.6) is 0 Å². The average molecular weight is 362 g/mol. The Balaban J connectivity index is 1.69. The third-order valence-electron chi connectivity index (χ3n) is 3.68. The van der Waals surface area contributed by atoms with E-state index >= 15 is 0 Å². The van der Waals surface area contributed by atoms with Gasteiger partial charge in [-0.3, -0.25) is 4.79 Å². The number of anilines is 5. The molecule has 1 amide bonds. The lowest BCUT2D eigenvalue weighted by Crippen LogP contribution is -2.10. The Bertz CT molecular complexity index is 896. The second kappa shape index (κ2) is 8.75. The zero-order chi connectivity index (χ0) is 19.1. The van der Waals surface area contributed by atoms with Crippen LogP contribution in [-0.4, -0.2) is 20.9 Å². The van der Waals surface area contributed by atoms with E-state index in [0.717, 1.165) is 17.8 Å². The number of aryl methyl sites for hydroxylation is 1. The van der Waals surface area contributed by atoms with Crippen LogP contribution in [0.3, 0.4) is 0 Å². The maximum absolute atomic E-state index is 11.7. The van der Waals surface area contributed by atoms with Gasteiger partial charge in [0.05, 0.1) is 0 Å². The van der Waals surface area contributed by atoms with E-state index in [9.17, 15) is 4.79 Å². The molecule has 0 spiro atoms. The van der Waals surface area contributed by atoms with Crippen molar-refractivity contribution >= 4 is 34.7 Å². The quantitative estimate of drug-likeness (QED) is 0.577. The van der Waals surface area contributed by atoms with Crippen LogP contribution in [0.25, 0.3) is 0 Å². The third-order valence-corrected chi connectivity index (χ3v) is 3.68. The Morgan fingerprint density at radius 2 is 1.63 bits per heavy atom. The Hall–Kier alpha value is -3.48. The highest BCUT2D eigenvalue weighted by Gasteiger charge is 2.05. The number of benzene rings is 1. The van der Waals surface area contributed by atoms with E-state index in [2.05, 4.69) is 30.9 Å². The molecule has 2 aromatic heterocycles. The summed E-state index contributed by atoms with van der Waals surface area (Å²) in [7, 11) is 0. The lowest BCUT2D eigenvalue weighted by atomic mass is 10.2. The highest BCUT2D eigenvalue weighted by Crippen LogP contribution is 2.21. The van der Waals surface area contributed by atoms with Crippen molar-refractivity contribution in [3.8, 4) is 0 Å². The smallest absolute Gasteiger partial charge is 0.224 e. The largest absolute Gasteiger partial charge is 0.340 e. The number of nitrogens with zero attached hydrogens (tertiary/aromatic N) is 3. The van der Waals surface area contributed by atoms with E-state index in [1.54, 1.807) is 6.20 Å². The number of aromatic nitrogens is 3. The predicted molar refractivity (Wildman–Crippen MR) is 108 cm³/mol. The molecule has 3 rings (SSSR count). The molecule has 27 heavy (non-hydrogen) atoms. The molecule has 138 valence electrons. The van der Waals surface area contributed by atoms with Gasteiger partial charge in [-0.05, 0) is 49.7 Å². The van der Waals surface area contributed by atoms with Crippen molar-refractivity contribution in [2.75, 3.05) is 16.0 Å². The summed E-state index contributed by atoms with van der Waals surface area (Å²) < 4.78 is 0. The van der Waals surface area contributed by atoms with Gasteiger partial charge in [-0.15, -0.1) is 0 Å². The zero-order valence-corrected chi connectivity index (χ0v) is 15.4. The second-order valence-corrected chi connectivity index (χ2v) is 6.03. The maximum Gasteiger partial charge on any atom is 0.224 e. The van der Waals surface area contributed by atoms with Crippen molar-refractivity contribution in [2.24, 2.45) is 0 Å². The molecule has 3 N–H and O–H groups in total. The van der Waals surface area contributed by atoms with Gasteiger partial charge in [0.2, 0.25) is 5.91 Å². The number of amides is 1. The summed E-state index contributed by atoms with van der Waals surface area (Å²) in [6.45, 7) is 3.81. The minimum atomic E-state index is 0.0230. The van der Waals surface area contributed by atoms with E-state index in [0.29, 0.717) is 29.7 Å². The fraction of sp³-hybridized carbons (Fsp3) is 0.200. The summed E-state index contributed by atoms with van der Waals surface area (Å²) in [5.41, 5.74) is 1.64. The molecular weight excluding hydrogens is 340 g/mol. The Kier molecular flexibility index (Phi) is 5.94. The fourth-order valence-electron chi connectivity index (χ4n) is 2.50. The molecule has 2 heterocycles. The SMILES string of the molecule is CCCC(=O)Nc1ccc(Nc2cc(Nc3ccccn3)nc(C)n2)cc1. The summed E-state index contributed by atoms with van der Waals surface area (Å²) in [5.74, 6) is 2.71. The lowest BCUT2D eigenvalue weighted by molar-refractivity contribution is -0.116. The number of hydrogen-bond acceptors (Lipinski definition) is 6. The van der Waals surface area contributed by atoms with Gasteiger partial charge >= 0.3 is 0 Å². The highest BCUT2D eigenvalue weighted by molar-refractivity contribution is 5.90. The number of rotatable bonds is 7. The molecule has 0 radical (unpaired) electrons. The van der Waals surface area contributed by atoms with Crippen molar-refractivity contribution in [2.45, 2.75) is 26.7 Å². The van der Waals surface area contributed by atoms with Crippen molar-refractivity contribution in [1.82, 2.24) is 15.0 Å². The first-order valence-corrected chi connectivity index (χ1v) is 8.83. The van der Waals surface area contributed by atoms with Gasteiger partial charge in [0.15, 0.2) is 0 Å². The molecule has 0 unspecified atom stereocenters. The molecule has 3 aromatic rings. The van der Waals surface area contributed by atoms with Crippen LogP contribution in [0, 0.1) is 6.92 Å². The van der Waals surface area contributed by atoms with E-state index in [1.807, 2.05) is 62.4 Å². The number of carbonyl (C=O) groups is 1. The summed E-state index contributed by atoms with van der Waals surface area (Å²) >= 11 is 0. The molecule has 0 bridgehead atoms. The average Bonchev–Trinajstić information content (AvgIpc) is 2.64. The van der Waals surface area contributed by atoms with Crippen LogP contribution < -0.4 is 16.0 Å². The Labute approximate surface area is 158 Å². The Morgan fingerprint density at radius 3 is 2.30 bits per heavy atom. The predicted octanol–water partition coefficient (Wildman–Crippen LogP) is 4.41. The summed E-state index contributed by atoms with van der Waals surface area (Å²) in [4.78, 5) is 24.7. The highest BCUT2D eigenvalue weighted by atomic mass is 16.1. The van der Waals surface area contributed by atoms with Crippen LogP contribution >= 0.6 is 0 Å². The molecule has 0 fully saturated rings. The van der Waals surface area contributed by atoms with Gasteiger partial charge in [0.1, 0.15) is 23.3 Å². The van der Waals surface area contributed by atoms with Gasteiger partial charge in [-0.25, -0.2) is 15.0 Å². The van der Waals surface area contributed by atoms with Crippen LogP contribution in [0.4, 0.5) is 28.8 Å². The van der Waals surface area contributed by atoms with Crippen molar-refractivity contribution in [3.05, 3.63) is 60.6 Å². The lowest BCUT2D eigenvalue weighted by Gasteiger charge is -2.11. The second-order valence-electron chi connectivity index (χ2n) is 6.03. The number of carbonyl (C=O) groups excluding carboxylic acids is 1. The monoisotopic (exact) mass is 362 g/mol. The molecular formula is C20H22N6O. The Morgan fingerprint density at radius 1 is 0.926 bits per heavy atom. The van der Waals surface area contributed by atoms with E-state index in [-0.39, 0.29) is 5.91 Å². The van der Waals surface area contributed by atoms with Gasteiger partial charge in [0, 0.05) is 30.1 Å². The molecule has 0 aliphatic rings. The summed E-state index contributed by atoms with van der Waals surface area (Å²) in [6.07, 6.45) is 3.07. The van der Waals surface area contributed by atoms with Crippen LogP contribution in [0.1, 0.15) is 25.6 Å². The molecule has 7 nitrogen and oxygen atoms in total. The molecule has 0 aliphatic carbocycles. The fourth-order valence-corrected chi connectivity index (χ4v) is 2.50. The van der Waals surface area contributed by atoms with Crippen LogP contribution in [-0.2, 0) is 4.79 Å². The van der Waals surface area contributed by atoms with Crippen molar-refractivity contribution in [3.63, 3.8) is 0 Å². The number of nitrogens with one attached hydrogen (secondary N) is 3. The maximum atomic E-state index is 11.7. The normalized spacial score (nSPS) is 10.3. The number of hydrogen-bond donors (Lipinski definition) is 3. The first kappa shape index (κ1) is 18.3. The van der Waals surface area contributed by atoms with Gasteiger partial charge in [-0.1, -0.05) is 13.0 Å². The van der Waals surface area contributed by atoms with E-state index in [4.69, 9.17) is 0 Å². The van der Waals surface area contributed by atoms with Crippen molar-refractivity contribution in [1.29, 1.82) is 0 Å². The summed E-state index contributed by atoms with van der Waals surface area (Å²) in [5, 5.41) is 9.29. The van der Waals surface area contributed by atoms with Gasteiger partial charge in [0.25, 0.3) is 0 Å². The van der Waals surface area contributed by atoms with E-state index in [1.165, 1.54) is 0 Å². The molecule has 1 aromatic carbocycles.